The molecule has 0 bridgehead atoms. The van der Waals surface area contributed by atoms with E-state index in [0.717, 1.165) is 16.6 Å². The van der Waals surface area contributed by atoms with Crippen molar-refractivity contribution in [2.75, 3.05) is 0 Å². The normalized spacial score (nSPS) is 11.7. The molecule has 0 aromatic carbocycles. The van der Waals surface area contributed by atoms with Crippen LogP contribution in [0.15, 0.2) is 26.9 Å². The lowest BCUT2D eigenvalue weighted by molar-refractivity contribution is 0.318. The molecule has 0 aliphatic heterocycles. The highest BCUT2D eigenvalue weighted by molar-refractivity contribution is 8.00. The fraction of sp³-hybridized carbons (Fsp3) is 0.222. The fourth-order valence-corrected chi connectivity index (χ4v) is 2.62. The molecule has 0 atom stereocenters. The van der Waals surface area contributed by atoms with Gasteiger partial charge in [-0.1, -0.05) is 12.1 Å². The third kappa shape index (κ3) is 2.93. The number of oxime groups is 1. The SMILES string of the molecule is CCc1nsc(Sc2cnc(C(N)=NO)cn2)n1. The summed E-state index contributed by atoms with van der Waals surface area (Å²) in [4.78, 5) is 12.5. The molecule has 0 saturated carbocycles. The van der Waals surface area contributed by atoms with E-state index < -0.39 is 0 Å². The third-order valence-electron chi connectivity index (χ3n) is 1.96. The minimum atomic E-state index is -0.0664. The summed E-state index contributed by atoms with van der Waals surface area (Å²) in [5.41, 5.74) is 5.72. The second-order valence-electron chi connectivity index (χ2n) is 3.16. The number of hydrogen-bond donors (Lipinski definition) is 2. The van der Waals surface area contributed by atoms with Crippen LogP contribution in [0.4, 0.5) is 0 Å². The molecule has 2 aromatic heterocycles. The molecule has 0 unspecified atom stereocenters. The predicted molar refractivity (Wildman–Crippen MR) is 68.0 cm³/mol. The van der Waals surface area contributed by atoms with Gasteiger partial charge in [0.1, 0.15) is 16.5 Å². The number of aromatic nitrogens is 4. The lowest BCUT2D eigenvalue weighted by atomic mass is 10.4. The summed E-state index contributed by atoms with van der Waals surface area (Å²) in [5, 5.41) is 12.0. The van der Waals surface area contributed by atoms with Gasteiger partial charge in [0.25, 0.3) is 0 Å². The number of aryl methyl sites for hydroxylation is 1. The van der Waals surface area contributed by atoms with Gasteiger partial charge in [0.05, 0.1) is 12.4 Å². The molecule has 0 amide bonds. The lowest BCUT2D eigenvalue weighted by Crippen LogP contribution is -2.15. The van der Waals surface area contributed by atoms with Gasteiger partial charge in [0.2, 0.25) is 0 Å². The van der Waals surface area contributed by atoms with E-state index >= 15 is 0 Å². The largest absolute Gasteiger partial charge is 0.409 e. The molecular formula is C9H10N6OS2. The first-order chi connectivity index (χ1) is 8.72. The van der Waals surface area contributed by atoms with E-state index in [2.05, 4.69) is 24.5 Å². The van der Waals surface area contributed by atoms with Gasteiger partial charge in [-0.25, -0.2) is 15.0 Å². The Morgan fingerprint density at radius 3 is 2.89 bits per heavy atom. The zero-order chi connectivity index (χ0) is 13.0. The molecule has 2 rings (SSSR count). The van der Waals surface area contributed by atoms with Crippen molar-refractivity contribution in [3.05, 3.63) is 23.9 Å². The summed E-state index contributed by atoms with van der Waals surface area (Å²) >= 11 is 2.71. The van der Waals surface area contributed by atoms with Crippen LogP contribution in [-0.2, 0) is 6.42 Å². The Morgan fingerprint density at radius 1 is 1.50 bits per heavy atom. The van der Waals surface area contributed by atoms with Crippen LogP contribution in [0.3, 0.4) is 0 Å². The topological polar surface area (TPSA) is 110 Å². The van der Waals surface area contributed by atoms with Gasteiger partial charge in [-0.2, -0.15) is 4.37 Å². The number of amidine groups is 1. The van der Waals surface area contributed by atoms with Crippen molar-refractivity contribution in [1.29, 1.82) is 0 Å². The molecule has 2 aromatic rings. The van der Waals surface area contributed by atoms with E-state index in [4.69, 9.17) is 10.9 Å². The minimum Gasteiger partial charge on any atom is -0.409 e. The molecule has 0 fully saturated rings. The first kappa shape index (κ1) is 12.7. The number of rotatable bonds is 4. The van der Waals surface area contributed by atoms with E-state index in [1.165, 1.54) is 29.5 Å². The summed E-state index contributed by atoms with van der Waals surface area (Å²) in [6, 6.07) is 0. The molecule has 94 valence electrons. The van der Waals surface area contributed by atoms with Crippen molar-refractivity contribution >= 4 is 29.1 Å². The van der Waals surface area contributed by atoms with E-state index in [1.54, 1.807) is 6.20 Å². The van der Waals surface area contributed by atoms with Crippen LogP contribution in [0, 0.1) is 0 Å². The Labute approximate surface area is 111 Å². The molecule has 0 saturated heterocycles. The molecule has 0 spiro atoms. The van der Waals surface area contributed by atoms with Crippen molar-refractivity contribution in [2.45, 2.75) is 22.7 Å². The number of hydrogen-bond acceptors (Lipinski definition) is 8. The average Bonchev–Trinajstić information content (AvgIpc) is 2.86. The summed E-state index contributed by atoms with van der Waals surface area (Å²) in [6.45, 7) is 2.00. The smallest absolute Gasteiger partial charge is 0.190 e. The first-order valence-electron chi connectivity index (χ1n) is 5.03. The van der Waals surface area contributed by atoms with Crippen molar-refractivity contribution in [1.82, 2.24) is 19.3 Å². The van der Waals surface area contributed by atoms with Crippen molar-refractivity contribution in [3.8, 4) is 0 Å². The average molecular weight is 282 g/mol. The highest BCUT2D eigenvalue weighted by atomic mass is 32.2. The molecule has 18 heavy (non-hydrogen) atoms. The second kappa shape index (κ2) is 5.74. The molecule has 9 heteroatoms. The standard InChI is InChI=1S/C9H10N6OS2/c1-2-6-13-9(18-15-6)17-7-4-11-5(3-12-7)8(10)14-16/h3-4,16H,2H2,1H3,(H2,10,14). The van der Waals surface area contributed by atoms with Gasteiger partial charge in [0.15, 0.2) is 10.2 Å². The number of nitrogens with two attached hydrogens (primary N) is 1. The van der Waals surface area contributed by atoms with Crippen LogP contribution in [0.25, 0.3) is 0 Å². The quantitative estimate of drug-likeness (QED) is 0.374. The maximum atomic E-state index is 8.50. The maximum Gasteiger partial charge on any atom is 0.190 e. The summed E-state index contributed by atoms with van der Waals surface area (Å²) < 4.78 is 5.00. The van der Waals surface area contributed by atoms with Gasteiger partial charge >= 0.3 is 0 Å². The van der Waals surface area contributed by atoms with Crippen molar-refractivity contribution in [3.63, 3.8) is 0 Å². The van der Waals surface area contributed by atoms with Gasteiger partial charge in [0, 0.05) is 6.42 Å². The molecule has 2 heterocycles. The van der Waals surface area contributed by atoms with Gasteiger partial charge in [-0.05, 0) is 23.3 Å². The van der Waals surface area contributed by atoms with Crippen molar-refractivity contribution in [2.24, 2.45) is 10.9 Å². The zero-order valence-electron chi connectivity index (χ0n) is 9.44. The summed E-state index contributed by atoms with van der Waals surface area (Å²) in [7, 11) is 0. The number of nitrogens with zero attached hydrogens (tertiary/aromatic N) is 5. The Balaban J connectivity index is 2.10. The van der Waals surface area contributed by atoms with E-state index in [1.807, 2.05) is 6.92 Å². The van der Waals surface area contributed by atoms with Gasteiger partial charge in [-0.15, -0.1) is 0 Å². The predicted octanol–water partition coefficient (Wildman–Crippen LogP) is 1.14. The Hall–Kier alpha value is -1.74. The highest BCUT2D eigenvalue weighted by Crippen LogP contribution is 2.26. The molecule has 3 N–H and O–H groups in total. The van der Waals surface area contributed by atoms with Crippen LogP contribution in [0.5, 0.6) is 0 Å². The molecule has 0 aliphatic carbocycles. The van der Waals surface area contributed by atoms with Crippen LogP contribution >= 0.6 is 23.3 Å². The summed E-state index contributed by atoms with van der Waals surface area (Å²) in [6.07, 6.45) is 3.80. The van der Waals surface area contributed by atoms with E-state index in [0.29, 0.717) is 10.7 Å². The first-order valence-corrected chi connectivity index (χ1v) is 6.62. The Morgan fingerprint density at radius 2 is 2.33 bits per heavy atom. The van der Waals surface area contributed by atoms with Gasteiger partial charge < -0.3 is 10.9 Å². The van der Waals surface area contributed by atoms with Crippen LogP contribution in [-0.4, -0.2) is 30.4 Å². The third-order valence-corrected chi connectivity index (χ3v) is 3.66. The fourth-order valence-electron chi connectivity index (χ4n) is 1.06. The van der Waals surface area contributed by atoms with Crippen LogP contribution in [0.2, 0.25) is 0 Å². The van der Waals surface area contributed by atoms with E-state index in [9.17, 15) is 0 Å². The van der Waals surface area contributed by atoms with Crippen LogP contribution in [0.1, 0.15) is 18.4 Å². The molecular weight excluding hydrogens is 272 g/mol. The second-order valence-corrected chi connectivity index (χ2v) is 5.18. The van der Waals surface area contributed by atoms with Crippen LogP contribution < -0.4 is 5.73 Å². The monoisotopic (exact) mass is 282 g/mol. The Kier molecular flexibility index (Phi) is 4.05. The molecule has 7 nitrogen and oxygen atoms in total. The van der Waals surface area contributed by atoms with Gasteiger partial charge in [-0.3, -0.25) is 0 Å². The zero-order valence-corrected chi connectivity index (χ0v) is 11.1. The molecule has 0 aliphatic rings. The van der Waals surface area contributed by atoms with E-state index in [-0.39, 0.29) is 5.84 Å². The minimum absolute atomic E-state index is 0.0664. The lowest BCUT2D eigenvalue weighted by Gasteiger charge is -1.98. The Bertz CT molecular complexity index is 552. The summed E-state index contributed by atoms with van der Waals surface area (Å²) in [5.74, 6) is 0.756. The maximum absolute atomic E-state index is 8.50. The highest BCUT2D eigenvalue weighted by Gasteiger charge is 2.07. The van der Waals surface area contributed by atoms with Crippen molar-refractivity contribution < 1.29 is 5.21 Å². The molecule has 0 radical (unpaired) electrons.